The Balaban J connectivity index is 1.58. The number of fused-ring (bicyclic) bond motifs is 1. The zero-order chi connectivity index (χ0) is 27.8. The van der Waals surface area contributed by atoms with Gasteiger partial charge in [-0.3, -0.25) is 14.4 Å². The minimum atomic E-state index is -0.243. The molecule has 2 amide bonds. The van der Waals surface area contributed by atoms with Crippen molar-refractivity contribution < 1.29 is 14.3 Å². The number of ether oxygens (including phenoxy) is 1. The van der Waals surface area contributed by atoms with E-state index in [0.717, 1.165) is 0 Å². The Kier molecular flexibility index (Phi) is 7.66. The Morgan fingerprint density at radius 3 is 2.44 bits per heavy atom. The van der Waals surface area contributed by atoms with Gasteiger partial charge in [-0.2, -0.15) is 0 Å². The summed E-state index contributed by atoms with van der Waals surface area (Å²) >= 11 is 12.2. The van der Waals surface area contributed by atoms with E-state index in [9.17, 15) is 14.4 Å². The van der Waals surface area contributed by atoms with Crippen LogP contribution < -0.4 is 15.8 Å². The summed E-state index contributed by atoms with van der Waals surface area (Å²) in [6, 6.07) is 11.4. The van der Waals surface area contributed by atoms with Crippen LogP contribution in [0, 0.1) is 0 Å². The van der Waals surface area contributed by atoms with Crippen molar-refractivity contribution in [2.45, 2.75) is 39.0 Å². The van der Waals surface area contributed by atoms with Gasteiger partial charge in [0.2, 0.25) is 5.95 Å². The number of carbonyl (C=O) groups is 2. The van der Waals surface area contributed by atoms with Crippen LogP contribution in [0.3, 0.4) is 0 Å². The standard InChI is InChI=1S/C28H29Cl2N5O4/c1-16-12-21-24(15-34(16)26(37)19-6-9-22(29)23(30)13-19)32-28(33-10-11-39-17(2)14-33)35(27(21)38)20-7-4-18(5-8-20)25(36)31-3/h4-9,13,16-17H,10-12,14-15H2,1-3H3,(H,31,36)/t16-,17?/m1/s1. The first-order valence-electron chi connectivity index (χ1n) is 12.8. The molecule has 0 saturated carbocycles. The fraction of sp³-hybridized carbons (Fsp3) is 0.357. The number of amides is 2. The molecule has 39 heavy (non-hydrogen) atoms. The summed E-state index contributed by atoms with van der Waals surface area (Å²) in [6.07, 6.45) is 0.313. The van der Waals surface area contributed by atoms with Gasteiger partial charge in [0.25, 0.3) is 17.4 Å². The lowest BCUT2D eigenvalue weighted by atomic mass is 9.98. The molecule has 0 aliphatic carbocycles. The topological polar surface area (TPSA) is 96.8 Å². The summed E-state index contributed by atoms with van der Waals surface area (Å²) < 4.78 is 7.33. The van der Waals surface area contributed by atoms with Gasteiger partial charge in [-0.05, 0) is 62.7 Å². The minimum absolute atomic E-state index is 0.0384. The molecule has 2 aromatic carbocycles. The Morgan fingerprint density at radius 1 is 1.05 bits per heavy atom. The molecule has 3 aromatic rings. The predicted octanol–water partition coefficient (Wildman–Crippen LogP) is 3.71. The van der Waals surface area contributed by atoms with Gasteiger partial charge in [0.15, 0.2) is 0 Å². The van der Waals surface area contributed by atoms with Crippen LogP contribution in [0.4, 0.5) is 5.95 Å². The van der Waals surface area contributed by atoms with E-state index in [1.165, 1.54) is 0 Å². The van der Waals surface area contributed by atoms with Crippen LogP contribution in [-0.2, 0) is 17.7 Å². The Labute approximate surface area is 236 Å². The third kappa shape index (κ3) is 5.26. The zero-order valence-electron chi connectivity index (χ0n) is 21.9. The molecule has 1 N–H and O–H groups in total. The minimum Gasteiger partial charge on any atom is -0.375 e. The summed E-state index contributed by atoms with van der Waals surface area (Å²) in [5.41, 5.74) is 2.48. The number of hydrogen-bond donors (Lipinski definition) is 1. The van der Waals surface area contributed by atoms with Crippen molar-refractivity contribution >= 4 is 41.0 Å². The van der Waals surface area contributed by atoms with Gasteiger partial charge >= 0.3 is 0 Å². The molecule has 1 aromatic heterocycles. The molecule has 0 radical (unpaired) electrons. The van der Waals surface area contributed by atoms with Crippen LogP contribution in [-0.4, -0.2) is 65.2 Å². The first kappa shape index (κ1) is 27.2. The number of aromatic nitrogens is 2. The average Bonchev–Trinajstić information content (AvgIpc) is 2.94. The van der Waals surface area contributed by atoms with Crippen LogP contribution in [0.2, 0.25) is 10.0 Å². The van der Waals surface area contributed by atoms with E-state index in [1.807, 2.05) is 18.7 Å². The maximum atomic E-state index is 14.1. The number of hydrogen-bond acceptors (Lipinski definition) is 6. The smallest absolute Gasteiger partial charge is 0.263 e. The SMILES string of the molecule is CNC(=O)c1ccc(-n2c(N3CCOC(C)C3)nc3c(c2=O)C[C@@H](C)N(C(=O)c2ccc(Cl)c(Cl)c2)C3)cc1. The number of anilines is 1. The molecule has 0 bridgehead atoms. The highest BCUT2D eigenvalue weighted by atomic mass is 35.5. The Bertz CT molecular complexity index is 1490. The molecule has 1 unspecified atom stereocenters. The highest BCUT2D eigenvalue weighted by Gasteiger charge is 2.33. The van der Waals surface area contributed by atoms with Crippen molar-refractivity contribution in [2.75, 3.05) is 31.6 Å². The van der Waals surface area contributed by atoms with E-state index in [0.29, 0.717) is 70.2 Å². The van der Waals surface area contributed by atoms with Gasteiger partial charge < -0.3 is 19.9 Å². The van der Waals surface area contributed by atoms with E-state index in [-0.39, 0.29) is 36.1 Å². The second-order valence-corrected chi connectivity index (χ2v) is 10.7. The largest absolute Gasteiger partial charge is 0.375 e. The van der Waals surface area contributed by atoms with Crippen molar-refractivity contribution in [1.29, 1.82) is 0 Å². The van der Waals surface area contributed by atoms with E-state index in [2.05, 4.69) is 5.32 Å². The van der Waals surface area contributed by atoms with Gasteiger partial charge in [0, 0.05) is 42.9 Å². The molecular formula is C28H29Cl2N5O4. The Hall–Kier alpha value is -3.40. The zero-order valence-corrected chi connectivity index (χ0v) is 23.4. The first-order valence-corrected chi connectivity index (χ1v) is 13.5. The number of nitrogens with one attached hydrogen (secondary N) is 1. The van der Waals surface area contributed by atoms with Crippen LogP contribution in [0.25, 0.3) is 5.69 Å². The quantitative estimate of drug-likeness (QED) is 0.514. The average molecular weight is 570 g/mol. The third-order valence-electron chi connectivity index (χ3n) is 7.16. The van der Waals surface area contributed by atoms with Crippen molar-refractivity contribution in [2.24, 2.45) is 0 Å². The van der Waals surface area contributed by atoms with Gasteiger partial charge in [-0.25, -0.2) is 9.55 Å². The molecule has 2 aliphatic rings. The van der Waals surface area contributed by atoms with Gasteiger partial charge in [-0.15, -0.1) is 0 Å². The normalized spacial score (nSPS) is 19.0. The lowest BCUT2D eigenvalue weighted by molar-refractivity contribution is 0.0523. The monoisotopic (exact) mass is 569 g/mol. The van der Waals surface area contributed by atoms with Crippen LogP contribution in [0.15, 0.2) is 47.3 Å². The maximum Gasteiger partial charge on any atom is 0.263 e. The molecule has 204 valence electrons. The van der Waals surface area contributed by atoms with Gasteiger partial charge in [0.05, 0.1) is 40.7 Å². The molecule has 5 rings (SSSR count). The molecular weight excluding hydrogens is 541 g/mol. The molecule has 2 atom stereocenters. The molecule has 9 nitrogen and oxygen atoms in total. The van der Waals surface area contributed by atoms with Crippen LogP contribution in [0.5, 0.6) is 0 Å². The molecule has 2 aliphatic heterocycles. The van der Waals surface area contributed by atoms with E-state index in [1.54, 1.807) is 59.0 Å². The van der Waals surface area contributed by atoms with Crippen molar-refractivity contribution in [3.05, 3.63) is 85.2 Å². The van der Waals surface area contributed by atoms with Crippen LogP contribution >= 0.6 is 23.2 Å². The van der Waals surface area contributed by atoms with E-state index in [4.69, 9.17) is 32.9 Å². The van der Waals surface area contributed by atoms with Crippen molar-refractivity contribution in [1.82, 2.24) is 19.8 Å². The molecule has 11 heteroatoms. The number of carbonyl (C=O) groups excluding carboxylic acids is 2. The third-order valence-corrected chi connectivity index (χ3v) is 7.90. The van der Waals surface area contributed by atoms with Gasteiger partial charge in [-0.1, -0.05) is 23.2 Å². The summed E-state index contributed by atoms with van der Waals surface area (Å²) in [7, 11) is 1.57. The number of morpholine rings is 1. The number of nitrogens with zero attached hydrogens (tertiary/aromatic N) is 4. The second-order valence-electron chi connectivity index (χ2n) is 9.85. The summed E-state index contributed by atoms with van der Waals surface area (Å²) in [5.74, 6) is 0.0716. The Morgan fingerprint density at radius 2 is 1.77 bits per heavy atom. The highest BCUT2D eigenvalue weighted by Crippen LogP contribution is 2.28. The maximum absolute atomic E-state index is 14.1. The van der Waals surface area contributed by atoms with Crippen molar-refractivity contribution in [3.63, 3.8) is 0 Å². The lowest BCUT2D eigenvalue weighted by Gasteiger charge is -2.37. The van der Waals surface area contributed by atoms with Gasteiger partial charge in [0.1, 0.15) is 0 Å². The number of halogens is 2. The summed E-state index contributed by atoms with van der Waals surface area (Å²) in [4.78, 5) is 48.3. The summed E-state index contributed by atoms with van der Waals surface area (Å²) in [6.45, 7) is 5.71. The highest BCUT2D eigenvalue weighted by molar-refractivity contribution is 6.42. The number of benzene rings is 2. The predicted molar refractivity (Wildman–Crippen MR) is 150 cm³/mol. The molecule has 3 heterocycles. The van der Waals surface area contributed by atoms with E-state index < -0.39 is 0 Å². The summed E-state index contributed by atoms with van der Waals surface area (Å²) in [5, 5.41) is 3.29. The van der Waals surface area contributed by atoms with E-state index >= 15 is 0 Å². The lowest BCUT2D eigenvalue weighted by Crippen LogP contribution is -2.48. The molecule has 1 fully saturated rings. The first-order chi connectivity index (χ1) is 18.7. The number of rotatable bonds is 4. The second kappa shape index (κ2) is 11.0. The molecule has 1 saturated heterocycles. The fourth-order valence-electron chi connectivity index (χ4n) is 5.06. The van der Waals surface area contributed by atoms with Crippen LogP contribution in [0.1, 0.15) is 45.8 Å². The van der Waals surface area contributed by atoms with Crippen molar-refractivity contribution in [3.8, 4) is 5.69 Å². The fourth-order valence-corrected chi connectivity index (χ4v) is 5.36. The molecule has 0 spiro atoms.